The van der Waals surface area contributed by atoms with Gasteiger partial charge in [0.1, 0.15) is 0 Å². The smallest absolute Gasteiger partial charge is 0.251 e. The van der Waals surface area contributed by atoms with Crippen LogP contribution in [0.3, 0.4) is 0 Å². The molecule has 0 aliphatic heterocycles. The number of carbonyl (C=O) groups excluding carboxylic acids is 1. The Morgan fingerprint density at radius 3 is 2.53 bits per heavy atom. The van der Waals surface area contributed by atoms with E-state index in [2.05, 4.69) is 27.9 Å². The lowest BCUT2D eigenvalue weighted by molar-refractivity contribution is 0.0953. The minimum Gasteiger partial charge on any atom is -0.352 e. The van der Waals surface area contributed by atoms with Crippen molar-refractivity contribution in [2.75, 3.05) is 13.1 Å². The normalized spacial score (nSPS) is 10.0. The van der Waals surface area contributed by atoms with E-state index in [1.54, 1.807) is 0 Å². The van der Waals surface area contributed by atoms with Crippen molar-refractivity contribution in [3.8, 4) is 0 Å². The third-order valence-corrected chi connectivity index (χ3v) is 2.74. The van der Waals surface area contributed by atoms with Gasteiger partial charge in [0.2, 0.25) is 0 Å². The zero-order chi connectivity index (χ0) is 11.1. The lowest BCUT2D eigenvalue weighted by Gasteiger charge is -2.04. The molecule has 0 bridgehead atoms. The minimum absolute atomic E-state index is 0.0107. The van der Waals surface area contributed by atoms with Gasteiger partial charge in [-0.1, -0.05) is 0 Å². The number of unbranched alkanes of at least 4 members (excludes halogenated alkanes) is 1. The second-order valence-electron chi connectivity index (χ2n) is 3.26. The predicted molar refractivity (Wildman–Crippen MR) is 69.8 cm³/mol. The fraction of sp³-hybridized carbons (Fsp3) is 0.364. The standard InChI is InChI=1S/C11H15IN2O/c12-10-5-3-9(4-6-10)11(15)14-8-2-1-7-13/h3-6H,1-2,7-8,13H2,(H,14,15). The highest BCUT2D eigenvalue weighted by molar-refractivity contribution is 14.1. The molecule has 4 heteroatoms. The molecule has 3 N–H and O–H groups in total. The Morgan fingerprint density at radius 2 is 1.93 bits per heavy atom. The molecule has 1 aromatic carbocycles. The zero-order valence-corrected chi connectivity index (χ0v) is 10.7. The first-order valence-corrected chi connectivity index (χ1v) is 6.06. The summed E-state index contributed by atoms with van der Waals surface area (Å²) in [6.07, 6.45) is 1.89. The Hall–Kier alpha value is -0.620. The van der Waals surface area contributed by atoms with Gasteiger partial charge in [0, 0.05) is 15.7 Å². The molecule has 0 aromatic heterocycles. The second-order valence-corrected chi connectivity index (χ2v) is 4.50. The van der Waals surface area contributed by atoms with Crippen molar-refractivity contribution in [3.63, 3.8) is 0 Å². The van der Waals surface area contributed by atoms with Crippen LogP contribution in [-0.2, 0) is 0 Å². The Labute approximate surface area is 104 Å². The minimum atomic E-state index is -0.0107. The number of hydrogen-bond donors (Lipinski definition) is 2. The molecule has 3 nitrogen and oxygen atoms in total. The quantitative estimate of drug-likeness (QED) is 0.642. The highest BCUT2D eigenvalue weighted by Gasteiger charge is 2.03. The fourth-order valence-corrected chi connectivity index (χ4v) is 1.53. The molecule has 0 spiro atoms. The van der Waals surface area contributed by atoms with Gasteiger partial charge in [-0.3, -0.25) is 4.79 Å². The molecule has 0 fully saturated rings. The van der Waals surface area contributed by atoms with Crippen molar-refractivity contribution in [2.24, 2.45) is 5.73 Å². The van der Waals surface area contributed by atoms with Crippen LogP contribution in [0.15, 0.2) is 24.3 Å². The molecular formula is C11H15IN2O. The summed E-state index contributed by atoms with van der Waals surface area (Å²) >= 11 is 2.21. The summed E-state index contributed by atoms with van der Waals surface area (Å²) in [5.74, 6) is -0.0107. The van der Waals surface area contributed by atoms with Crippen LogP contribution in [0.4, 0.5) is 0 Å². The van der Waals surface area contributed by atoms with Gasteiger partial charge in [0.05, 0.1) is 0 Å². The number of halogens is 1. The van der Waals surface area contributed by atoms with Crippen molar-refractivity contribution in [1.82, 2.24) is 5.32 Å². The summed E-state index contributed by atoms with van der Waals surface area (Å²) in [6, 6.07) is 7.52. The lowest BCUT2D eigenvalue weighted by Crippen LogP contribution is -2.24. The number of benzene rings is 1. The van der Waals surface area contributed by atoms with E-state index < -0.39 is 0 Å². The van der Waals surface area contributed by atoms with E-state index in [4.69, 9.17) is 5.73 Å². The van der Waals surface area contributed by atoms with Crippen LogP contribution in [-0.4, -0.2) is 19.0 Å². The SMILES string of the molecule is NCCCCNC(=O)c1ccc(I)cc1. The molecule has 15 heavy (non-hydrogen) atoms. The largest absolute Gasteiger partial charge is 0.352 e. The van der Waals surface area contributed by atoms with Crippen LogP contribution in [0.5, 0.6) is 0 Å². The maximum Gasteiger partial charge on any atom is 0.251 e. The van der Waals surface area contributed by atoms with Crippen molar-refractivity contribution >= 4 is 28.5 Å². The highest BCUT2D eigenvalue weighted by Crippen LogP contribution is 2.06. The van der Waals surface area contributed by atoms with Gasteiger partial charge in [-0.2, -0.15) is 0 Å². The monoisotopic (exact) mass is 318 g/mol. The Bertz CT molecular complexity index is 311. The molecule has 0 atom stereocenters. The average Bonchev–Trinajstić information content (AvgIpc) is 2.25. The molecule has 1 rings (SSSR count). The van der Waals surface area contributed by atoms with Crippen LogP contribution >= 0.6 is 22.6 Å². The first kappa shape index (κ1) is 12.4. The predicted octanol–water partition coefficient (Wildman–Crippen LogP) is 1.76. The number of rotatable bonds is 5. The van der Waals surface area contributed by atoms with Crippen LogP contribution in [0, 0.1) is 3.57 Å². The molecule has 0 heterocycles. The van der Waals surface area contributed by atoms with Gasteiger partial charge in [-0.15, -0.1) is 0 Å². The second kappa shape index (κ2) is 6.79. The van der Waals surface area contributed by atoms with E-state index >= 15 is 0 Å². The van der Waals surface area contributed by atoms with Gasteiger partial charge in [0.25, 0.3) is 5.91 Å². The first-order chi connectivity index (χ1) is 7.24. The van der Waals surface area contributed by atoms with Crippen LogP contribution < -0.4 is 11.1 Å². The molecular weight excluding hydrogens is 303 g/mol. The summed E-state index contributed by atoms with van der Waals surface area (Å²) in [5.41, 5.74) is 6.07. The van der Waals surface area contributed by atoms with E-state index in [9.17, 15) is 4.79 Å². The van der Waals surface area contributed by atoms with E-state index in [0.717, 1.165) is 16.4 Å². The van der Waals surface area contributed by atoms with Crippen LogP contribution in [0.25, 0.3) is 0 Å². The van der Waals surface area contributed by atoms with E-state index in [1.807, 2.05) is 24.3 Å². The van der Waals surface area contributed by atoms with Gasteiger partial charge in [-0.25, -0.2) is 0 Å². The molecule has 0 aliphatic carbocycles. The van der Waals surface area contributed by atoms with Gasteiger partial charge >= 0.3 is 0 Å². The van der Waals surface area contributed by atoms with E-state index in [-0.39, 0.29) is 5.91 Å². The van der Waals surface area contributed by atoms with Crippen molar-refractivity contribution in [3.05, 3.63) is 33.4 Å². The average molecular weight is 318 g/mol. The Balaban J connectivity index is 2.37. The molecule has 1 amide bonds. The lowest BCUT2D eigenvalue weighted by atomic mass is 10.2. The summed E-state index contributed by atoms with van der Waals surface area (Å²) < 4.78 is 1.13. The third-order valence-electron chi connectivity index (χ3n) is 2.02. The molecule has 0 radical (unpaired) electrons. The number of nitrogens with two attached hydrogens (primary N) is 1. The highest BCUT2D eigenvalue weighted by atomic mass is 127. The summed E-state index contributed by atoms with van der Waals surface area (Å²) in [7, 11) is 0. The Morgan fingerprint density at radius 1 is 1.27 bits per heavy atom. The third kappa shape index (κ3) is 4.61. The molecule has 1 aromatic rings. The maximum atomic E-state index is 11.6. The zero-order valence-electron chi connectivity index (χ0n) is 8.50. The van der Waals surface area contributed by atoms with Crippen LogP contribution in [0.1, 0.15) is 23.2 Å². The number of hydrogen-bond acceptors (Lipinski definition) is 2. The molecule has 82 valence electrons. The summed E-state index contributed by atoms with van der Waals surface area (Å²) in [4.78, 5) is 11.6. The van der Waals surface area contributed by atoms with E-state index in [0.29, 0.717) is 18.7 Å². The van der Waals surface area contributed by atoms with E-state index in [1.165, 1.54) is 0 Å². The van der Waals surface area contributed by atoms with Crippen molar-refractivity contribution < 1.29 is 4.79 Å². The molecule has 0 aliphatic rings. The number of amides is 1. The summed E-state index contributed by atoms with van der Waals surface area (Å²) in [6.45, 7) is 1.38. The van der Waals surface area contributed by atoms with Crippen molar-refractivity contribution in [2.45, 2.75) is 12.8 Å². The van der Waals surface area contributed by atoms with Gasteiger partial charge < -0.3 is 11.1 Å². The number of carbonyl (C=O) groups is 1. The topological polar surface area (TPSA) is 55.1 Å². The molecule has 0 saturated carbocycles. The Kier molecular flexibility index (Phi) is 5.63. The molecule has 0 unspecified atom stereocenters. The van der Waals surface area contributed by atoms with Gasteiger partial charge in [0.15, 0.2) is 0 Å². The maximum absolute atomic E-state index is 11.6. The first-order valence-electron chi connectivity index (χ1n) is 4.98. The summed E-state index contributed by atoms with van der Waals surface area (Å²) in [5, 5.41) is 2.86. The number of nitrogens with one attached hydrogen (secondary N) is 1. The van der Waals surface area contributed by atoms with Crippen LogP contribution in [0.2, 0.25) is 0 Å². The fourth-order valence-electron chi connectivity index (χ4n) is 1.17. The van der Waals surface area contributed by atoms with Gasteiger partial charge in [-0.05, 0) is 66.2 Å². The van der Waals surface area contributed by atoms with Crippen molar-refractivity contribution in [1.29, 1.82) is 0 Å². The molecule has 0 saturated heterocycles.